The minimum atomic E-state index is -3.48. The Hall–Kier alpha value is -6.20. The van der Waals surface area contributed by atoms with Gasteiger partial charge in [0, 0.05) is 36.5 Å². The summed E-state index contributed by atoms with van der Waals surface area (Å²) in [5, 5.41) is 29.7. The fraction of sp³-hybridized carbons (Fsp3) is 0.304. The van der Waals surface area contributed by atoms with Gasteiger partial charge in [0.05, 0.1) is 13.0 Å². The van der Waals surface area contributed by atoms with Crippen molar-refractivity contribution >= 4 is 59.7 Å². The second-order valence-electron chi connectivity index (χ2n) is 8.11. The van der Waals surface area contributed by atoms with E-state index in [0.717, 1.165) is 0 Å². The molecule has 0 aromatic rings. The molecule has 23 nitrogen and oxygen atoms in total. The molecule has 0 bridgehead atoms. The van der Waals surface area contributed by atoms with Crippen LogP contribution >= 0.6 is 0 Å². The highest BCUT2D eigenvalue weighted by molar-refractivity contribution is 5.97. The van der Waals surface area contributed by atoms with Gasteiger partial charge in [0.25, 0.3) is 5.60 Å². The number of ether oxygens (including phenoxy) is 2. The first kappa shape index (κ1) is 36.0. The third-order valence-electron chi connectivity index (χ3n) is 4.84. The number of aliphatic hydroxyl groups is 3. The second-order valence-corrected chi connectivity index (χ2v) is 8.11. The van der Waals surface area contributed by atoms with Crippen LogP contribution < -0.4 is 0 Å². The Morgan fingerprint density at radius 3 is 1.76 bits per heavy atom. The van der Waals surface area contributed by atoms with Gasteiger partial charge in [-0.3, -0.25) is 0 Å². The molecular weight excluding hydrogens is 644 g/mol. The topological polar surface area (TPSA) is 324 Å². The fourth-order valence-corrected chi connectivity index (χ4v) is 2.82. The van der Waals surface area contributed by atoms with Gasteiger partial charge in [0.1, 0.15) is 18.6 Å². The first-order valence-electron chi connectivity index (χ1n) is 11.8. The molecule has 0 amide bonds. The highest BCUT2D eigenvalue weighted by Crippen LogP contribution is 2.28. The average Bonchev–Trinajstić information content (AvgIpc) is 3.02. The molecular formula is C23H18O23. The van der Waals surface area contributed by atoms with Gasteiger partial charge in [0.2, 0.25) is 6.10 Å². The minimum absolute atomic E-state index is 0.108. The van der Waals surface area contributed by atoms with Crippen LogP contribution in [0.25, 0.3) is 0 Å². The third-order valence-corrected chi connectivity index (χ3v) is 4.84. The highest BCUT2D eigenvalue weighted by Gasteiger charge is 2.56. The third kappa shape index (κ3) is 10.8. The summed E-state index contributed by atoms with van der Waals surface area (Å²) in [6.45, 7) is -1.35. The molecule has 0 fully saturated rings. The molecule has 4 atom stereocenters. The summed E-state index contributed by atoms with van der Waals surface area (Å²) in [5.41, 5.74) is -3.48. The van der Waals surface area contributed by atoms with E-state index in [0.29, 0.717) is 24.3 Å². The lowest BCUT2D eigenvalue weighted by atomic mass is 9.89. The Bertz CT molecular complexity index is 1370. The monoisotopic (exact) mass is 662 g/mol. The molecule has 2 aliphatic rings. The number of hydrogen-bond acceptors (Lipinski definition) is 23. The summed E-state index contributed by atoms with van der Waals surface area (Å²) in [7, 11) is 0. The van der Waals surface area contributed by atoms with Crippen LogP contribution in [0.1, 0.15) is 12.8 Å². The molecule has 0 saturated heterocycles. The lowest BCUT2D eigenvalue weighted by Gasteiger charge is -2.34. The van der Waals surface area contributed by atoms with Gasteiger partial charge in [-0.15, -0.1) is 0 Å². The van der Waals surface area contributed by atoms with Gasteiger partial charge in [-0.2, -0.15) is 0 Å². The first-order chi connectivity index (χ1) is 21.7. The van der Waals surface area contributed by atoms with Crippen molar-refractivity contribution in [1.29, 1.82) is 0 Å². The molecule has 23 heteroatoms. The van der Waals surface area contributed by atoms with Crippen LogP contribution in [-0.4, -0.2) is 106 Å². The van der Waals surface area contributed by atoms with Gasteiger partial charge in [-0.1, -0.05) is 0 Å². The molecule has 0 spiro atoms. The number of hydrogen-bond donors (Lipinski definition) is 3. The summed E-state index contributed by atoms with van der Waals surface area (Å²) < 4.78 is 9.35. The van der Waals surface area contributed by atoms with Crippen LogP contribution in [0.15, 0.2) is 36.5 Å². The molecule has 2 rings (SSSR count). The van der Waals surface area contributed by atoms with Gasteiger partial charge in [-0.05, 0) is 0 Å². The summed E-state index contributed by atoms with van der Waals surface area (Å²) in [6, 6.07) is 0. The van der Waals surface area contributed by atoms with Gasteiger partial charge < -0.3 is 24.8 Å². The maximum atomic E-state index is 12.8. The van der Waals surface area contributed by atoms with E-state index in [9.17, 15) is 63.3 Å². The molecule has 3 N–H and O–H groups in total. The van der Waals surface area contributed by atoms with E-state index in [1.807, 2.05) is 0 Å². The summed E-state index contributed by atoms with van der Waals surface area (Å²) in [4.78, 5) is 152. The maximum Gasteiger partial charge on any atom is 0.402 e. The molecule has 46 heavy (non-hydrogen) atoms. The van der Waals surface area contributed by atoms with Gasteiger partial charge in [0.15, 0.2) is 0 Å². The van der Waals surface area contributed by atoms with Crippen molar-refractivity contribution in [2.75, 3.05) is 6.61 Å². The molecule has 4 unspecified atom stereocenters. The van der Waals surface area contributed by atoms with E-state index in [1.165, 1.54) is 0 Å². The van der Waals surface area contributed by atoms with E-state index in [4.69, 9.17) is 4.74 Å². The number of aliphatic hydroxyl groups excluding tert-OH is 3. The van der Waals surface area contributed by atoms with E-state index < -0.39 is 103 Å². The molecule has 0 aromatic carbocycles. The predicted molar refractivity (Wildman–Crippen MR) is 123 cm³/mol. The zero-order valence-corrected chi connectivity index (χ0v) is 22.3. The van der Waals surface area contributed by atoms with Crippen molar-refractivity contribution in [1.82, 2.24) is 0 Å². The first-order valence-corrected chi connectivity index (χ1v) is 11.8. The molecule has 0 radical (unpaired) electrons. The van der Waals surface area contributed by atoms with Crippen molar-refractivity contribution < 1.29 is 112 Å². The zero-order valence-electron chi connectivity index (χ0n) is 22.3. The number of esters is 2. The van der Waals surface area contributed by atoms with Crippen LogP contribution in [-0.2, 0) is 96.5 Å². The number of carbonyl (C=O) groups is 10. The lowest BCUT2D eigenvalue weighted by Crippen LogP contribution is -2.60. The Morgan fingerprint density at radius 2 is 1.22 bits per heavy atom. The van der Waals surface area contributed by atoms with E-state index in [-0.39, 0.29) is 12.2 Å². The van der Waals surface area contributed by atoms with Crippen molar-refractivity contribution in [2.45, 2.75) is 36.8 Å². The lowest BCUT2D eigenvalue weighted by molar-refractivity contribution is -0.282. The standard InChI is InChI=1S/C23H18O23/c24-9-10(25)20(34)23(8-19(33)44-40-15(29)4-6-17(31)42-46-22(23)36)38-13(27)2-1-12(26)37-11-7-18(32)43-39-14(28)3-5-16(30)41-45-21(11)35/h1-6,10-11,20,24-25,34H,7-9H2/b2-1+,5-3-,6-4-. The maximum absolute atomic E-state index is 12.8. The minimum Gasteiger partial charge on any atom is -0.446 e. The molecule has 0 aliphatic carbocycles. The van der Waals surface area contributed by atoms with Crippen molar-refractivity contribution in [2.24, 2.45) is 0 Å². The highest BCUT2D eigenvalue weighted by atomic mass is 17.2. The van der Waals surface area contributed by atoms with E-state index in [1.54, 1.807) is 0 Å². The van der Waals surface area contributed by atoms with Gasteiger partial charge in [-0.25, -0.2) is 87.0 Å². The van der Waals surface area contributed by atoms with Crippen LogP contribution in [0.2, 0.25) is 0 Å². The van der Waals surface area contributed by atoms with Crippen LogP contribution in [0.5, 0.6) is 0 Å². The van der Waals surface area contributed by atoms with Crippen LogP contribution in [0.3, 0.4) is 0 Å². The second kappa shape index (κ2) is 16.6. The van der Waals surface area contributed by atoms with Crippen molar-refractivity contribution in [3.8, 4) is 0 Å². The summed E-state index contributed by atoms with van der Waals surface area (Å²) in [6.07, 6.45) is -8.59. The smallest absolute Gasteiger partial charge is 0.402 e. The quantitative estimate of drug-likeness (QED) is 0.131. The number of carbonyl (C=O) groups excluding carboxylic acids is 10. The summed E-state index contributed by atoms with van der Waals surface area (Å²) >= 11 is 0. The Morgan fingerprint density at radius 1 is 0.739 bits per heavy atom. The summed E-state index contributed by atoms with van der Waals surface area (Å²) in [5.74, 6) is -16.5. The Labute approximate surface area is 252 Å². The Balaban J connectivity index is 2.30. The average molecular weight is 662 g/mol. The molecule has 0 aromatic heterocycles. The Kier molecular flexibility index (Phi) is 13.0. The van der Waals surface area contributed by atoms with E-state index in [2.05, 4.69) is 43.8 Å². The zero-order chi connectivity index (χ0) is 34.4. The molecule has 2 aliphatic heterocycles. The normalized spacial score (nSPS) is 24.5. The molecule has 2 heterocycles. The van der Waals surface area contributed by atoms with E-state index >= 15 is 0 Å². The fourth-order valence-electron chi connectivity index (χ4n) is 2.82. The predicted octanol–water partition coefficient (Wildman–Crippen LogP) is -4.62. The van der Waals surface area contributed by atoms with Crippen LogP contribution in [0, 0.1) is 0 Å². The largest absolute Gasteiger partial charge is 0.446 e. The molecule has 0 saturated carbocycles. The van der Waals surface area contributed by atoms with Crippen molar-refractivity contribution in [3.05, 3.63) is 36.5 Å². The molecule has 248 valence electrons. The van der Waals surface area contributed by atoms with Gasteiger partial charge >= 0.3 is 59.7 Å². The SMILES string of the molecule is O=C1/C=C\C(=O)OOC(=O)C(OC(=O)/C=C/C(=O)OC2(C(O)C(O)CO)CC(=O)OOC(=O)/C=C\C(=O)OOC2=O)CC(=O)OO1. The number of rotatable bonds is 7. The van der Waals surface area contributed by atoms with Crippen LogP contribution in [0.4, 0.5) is 0 Å². The van der Waals surface area contributed by atoms with Crippen molar-refractivity contribution in [3.63, 3.8) is 0 Å².